The number of Topliss-reactive ketones (excluding diaryl/α,β-unsaturated/α-hetero) is 1. The topological polar surface area (TPSA) is 67.2 Å². The molecule has 2 aromatic rings. The second kappa shape index (κ2) is 6.45. The van der Waals surface area contributed by atoms with Crippen LogP contribution in [-0.4, -0.2) is 18.4 Å². The second-order valence-electron chi connectivity index (χ2n) is 5.53. The molecule has 0 unspecified atom stereocenters. The summed E-state index contributed by atoms with van der Waals surface area (Å²) in [5, 5.41) is 8.83. The first-order chi connectivity index (χ1) is 11.2. The molecule has 23 heavy (non-hydrogen) atoms. The fourth-order valence-corrected chi connectivity index (χ4v) is 2.76. The van der Waals surface area contributed by atoms with Crippen molar-refractivity contribution < 1.29 is 14.3 Å². The molecule has 0 bridgehead atoms. The smallest absolute Gasteiger partial charge is 0.338 e. The van der Waals surface area contributed by atoms with E-state index >= 15 is 0 Å². The van der Waals surface area contributed by atoms with Crippen molar-refractivity contribution >= 4 is 11.8 Å². The molecule has 0 spiro atoms. The number of carbonyl (C=O) groups excluding carboxylic acids is 2. The Morgan fingerprint density at radius 1 is 1.04 bits per heavy atom. The van der Waals surface area contributed by atoms with Crippen LogP contribution in [0.2, 0.25) is 0 Å². The van der Waals surface area contributed by atoms with Crippen molar-refractivity contribution in [3.63, 3.8) is 0 Å². The van der Waals surface area contributed by atoms with E-state index in [1.807, 2.05) is 18.2 Å². The predicted molar refractivity (Wildman–Crippen MR) is 84.2 cm³/mol. The predicted octanol–water partition coefficient (Wildman–Crippen LogP) is 3.09. The van der Waals surface area contributed by atoms with E-state index in [9.17, 15) is 9.59 Å². The average Bonchev–Trinajstić information content (AvgIpc) is 3.07. The Labute approximate surface area is 134 Å². The maximum atomic E-state index is 12.2. The number of ketones is 1. The number of aryl methyl sites for hydroxylation is 2. The third kappa shape index (κ3) is 3.29. The molecule has 1 aliphatic rings. The van der Waals surface area contributed by atoms with Crippen LogP contribution in [0.15, 0.2) is 42.5 Å². The maximum absolute atomic E-state index is 12.2. The summed E-state index contributed by atoms with van der Waals surface area (Å²) in [6.07, 6.45) is 3.18. The van der Waals surface area contributed by atoms with Gasteiger partial charge in [-0.2, -0.15) is 5.26 Å². The van der Waals surface area contributed by atoms with Gasteiger partial charge < -0.3 is 4.74 Å². The van der Waals surface area contributed by atoms with E-state index in [0.29, 0.717) is 11.1 Å². The van der Waals surface area contributed by atoms with Crippen LogP contribution in [0.25, 0.3) is 0 Å². The molecule has 2 aromatic carbocycles. The van der Waals surface area contributed by atoms with E-state index in [2.05, 4.69) is 0 Å². The van der Waals surface area contributed by atoms with E-state index in [-0.39, 0.29) is 18.0 Å². The molecule has 0 aliphatic heterocycles. The van der Waals surface area contributed by atoms with Crippen LogP contribution in [0.4, 0.5) is 0 Å². The van der Waals surface area contributed by atoms with Gasteiger partial charge >= 0.3 is 5.97 Å². The minimum Gasteiger partial charge on any atom is -0.454 e. The number of esters is 1. The molecule has 0 saturated heterocycles. The summed E-state index contributed by atoms with van der Waals surface area (Å²) in [6, 6.07) is 13.8. The number of hydrogen-bond donors (Lipinski definition) is 0. The van der Waals surface area contributed by atoms with Crippen molar-refractivity contribution in [2.45, 2.75) is 19.3 Å². The lowest BCUT2D eigenvalue weighted by Gasteiger charge is -2.06. The highest BCUT2D eigenvalue weighted by Gasteiger charge is 2.16. The largest absolute Gasteiger partial charge is 0.454 e. The van der Waals surface area contributed by atoms with Crippen molar-refractivity contribution in [1.29, 1.82) is 5.26 Å². The summed E-state index contributed by atoms with van der Waals surface area (Å²) in [7, 11) is 0. The number of nitrogens with zero attached hydrogens (tertiary/aromatic N) is 1. The van der Waals surface area contributed by atoms with Gasteiger partial charge in [0.1, 0.15) is 0 Å². The van der Waals surface area contributed by atoms with Crippen LogP contribution in [-0.2, 0) is 17.6 Å². The fourth-order valence-electron chi connectivity index (χ4n) is 2.76. The van der Waals surface area contributed by atoms with Gasteiger partial charge in [0.05, 0.1) is 17.2 Å². The van der Waals surface area contributed by atoms with Crippen LogP contribution < -0.4 is 0 Å². The molecule has 0 saturated carbocycles. The highest BCUT2D eigenvalue weighted by molar-refractivity contribution is 5.99. The number of ether oxygens (including phenoxy) is 1. The Balaban J connectivity index is 1.64. The number of hydrogen-bond acceptors (Lipinski definition) is 4. The molecule has 0 aromatic heterocycles. The quantitative estimate of drug-likeness (QED) is 0.643. The van der Waals surface area contributed by atoms with Crippen molar-refractivity contribution in [2.75, 3.05) is 6.61 Å². The number of carbonyl (C=O) groups is 2. The lowest BCUT2D eigenvalue weighted by atomic mass is 10.0. The number of rotatable bonds is 4. The monoisotopic (exact) mass is 305 g/mol. The standard InChI is InChI=1S/C19H15NO3/c20-11-13-3-1-6-17(9-13)19(22)23-12-18(21)16-8-7-14-4-2-5-15(14)10-16/h1,3,6-10H,2,4-5,12H2. The second-order valence-corrected chi connectivity index (χ2v) is 5.53. The van der Waals surface area contributed by atoms with Gasteiger partial charge in [0.15, 0.2) is 12.4 Å². The lowest BCUT2D eigenvalue weighted by Crippen LogP contribution is -2.14. The normalized spacial score (nSPS) is 12.3. The zero-order valence-electron chi connectivity index (χ0n) is 12.5. The maximum Gasteiger partial charge on any atom is 0.338 e. The van der Waals surface area contributed by atoms with Gasteiger partial charge in [0, 0.05) is 5.56 Å². The van der Waals surface area contributed by atoms with E-state index in [1.54, 1.807) is 24.3 Å². The Hall–Kier alpha value is -2.93. The molecular formula is C19H15NO3. The molecule has 4 nitrogen and oxygen atoms in total. The molecule has 1 aliphatic carbocycles. The molecule has 114 valence electrons. The number of nitriles is 1. The minimum atomic E-state index is -0.600. The van der Waals surface area contributed by atoms with E-state index in [1.165, 1.54) is 17.2 Å². The van der Waals surface area contributed by atoms with Gasteiger partial charge in [-0.3, -0.25) is 4.79 Å². The van der Waals surface area contributed by atoms with E-state index in [4.69, 9.17) is 10.00 Å². The van der Waals surface area contributed by atoms with Gasteiger partial charge in [0.25, 0.3) is 0 Å². The van der Waals surface area contributed by atoms with Crippen molar-refractivity contribution in [3.8, 4) is 6.07 Å². The zero-order valence-corrected chi connectivity index (χ0v) is 12.5. The van der Waals surface area contributed by atoms with Gasteiger partial charge in [0.2, 0.25) is 0 Å². The highest BCUT2D eigenvalue weighted by Crippen LogP contribution is 2.23. The zero-order chi connectivity index (χ0) is 16.2. The Kier molecular flexibility index (Phi) is 4.20. The molecule has 0 radical (unpaired) electrons. The number of fused-ring (bicyclic) bond motifs is 1. The average molecular weight is 305 g/mol. The Morgan fingerprint density at radius 2 is 1.87 bits per heavy atom. The summed E-state index contributed by atoms with van der Waals surface area (Å²) >= 11 is 0. The molecule has 0 atom stereocenters. The van der Waals surface area contributed by atoms with E-state index < -0.39 is 5.97 Å². The van der Waals surface area contributed by atoms with E-state index in [0.717, 1.165) is 19.3 Å². The van der Waals surface area contributed by atoms with Crippen LogP contribution in [0.5, 0.6) is 0 Å². The lowest BCUT2D eigenvalue weighted by molar-refractivity contribution is 0.0474. The summed E-state index contributed by atoms with van der Waals surface area (Å²) < 4.78 is 5.07. The van der Waals surface area contributed by atoms with Crippen LogP contribution in [0, 0.1) is 11.3 Å². The van der Waals surface area contributed by atoms with Gasteiger partial charge in [-0.1, -0.05) is 18.2 Å². The summed E-state index contributed by atoms with van der Waals surface area (Å²) in [5.74, 6) is -0.818. The fraction of sp³-hybridized carbons (Fsp3) is 0.211. The first-order valence-corrected chi connectivity index (χ1v) is 7.49. The van der Waals surface area contributed by atoms with Crippen LogP contribution in [0.3, 0.4) is 0 Å². The number of benzene rings is 2. The van der Waals surface area contributed by atoms with Crippen LogP contribution in [0.1, 0.15) is 43.8 Å². The SMILES string of the molecule is N#Cc1cccc(C(=O)OCC(=O)c2ccc3c(c2)CCC3)c1. The van der Waals surface area contributed by atoms with Gasteiger partial charge in [-0.15, -0.1) is 0 Å². The van der Waals surface area contributed by atoms with Crippen LogP contribution >= 0.6 is 0 Å². The Morgan fingerprint density at radius 3 is 2.70 bits per heavy atom. The molecular weight excluding hydrogens is 290 g/mol. The van der Waals surface area contributed by atoms with Gasteiger partial charge in [-0.25, -0.2) is 4.79 Å². The molecule has 3 rings (SSSR count). The first kappa shape index (κ1) is 15.0. The minimum absolute atomic E-state index is 0.218. The molecule has 0 N–H and O–H groups in total. The Bertz CT molecular complexity index is 818. The summed E-state index contributed by atoms with van der Waals surface area (Å²) in [5.41, 5.74) is 3.73. The molecule has 0 heterocycles. The summed E-state index contributed by atoms with van der Waals surface area (Å²) in [4.78, 5) is 24.1. The molecule has 0 fully saturated rings. The summed E-state index contributed by atoms with van der Waals surface area (Å²) in [6.45, 7) is -0.297. The molecule has 4 heteroatoms. The third-order valence-corrected chi connectivity index (χ3v) is 3.98. The molecule has 0 amide bonds. The third-order valence-electron chi connectivity index (χ3n) is 3.98. The van der Waals surface area contributed by atoms with Crippen molar-refractivity contribution in [2.24, 2.45) is 0 Å². The first-order valence-electron chi connectivity index (χ1n) is 7.49. The van der Waals surface area contributed by atoms with Gasteiger partial charge in [-0.05, 0) is 54.7 Å². The van der Waals surface area contributed by atoms with Crippen molar-refractivity contribution in [1.82, 2.24) is 0 Å². The van der Waals surface area contributed by atoms with Crippen molar-refractivity contribution in [3.05, 3.63) is 70.3 Å². The highest BCUT2D eigenvalue weighted by atomic mass is 16.5.